The van der Waals surface area contributed by atoms with Crippen LogP contribution in [0.2, 0.25) is 0 Å². The molecule has 0 unspecified atom stereocenters. The van der Waals surface area contributed by atoms with Crippen molar-refractivity contribution in [3.63, 3.8) is 0 Å². The van der Waals surface area contributed by atoms with Crippen molar-refractivity contribution in [3.8, 4) is 0 Å². The van der Waals surface area contributed by atoms with Gasteiger partial charge in [0.2, 0.25) is 0 Å². The van der Waals surface area contributed by atoms with Gasteiger partial charge in [-0.05, 0) is 49.6 Å². The normalized spacial score (nSPS) is 10.4. The minimum atomic E-state index is -0.236. The second-order valence-electron chi connectivity index (χ2n) is 3.23. The topological polar surface area (TPSA) is 25.8 Å². The lowest BCUT2D eigenvalue weighted by molar-refractivity contribution is 0.627. The van der Waals surface area contributed by atoms with E-state index in [2.05, 4.69) is 41.8 Å². The van der Waals surface area contributed by atoms with Gasteiger partial charge in [0.15, 0.2) is 0 Å². The Labute approximate surface area is 109 Å². The molecule has 1 heterocycles. The molecule has 0 aliphatic heterocycles. The largest absolute Gasteiger partial charge is 0.226 e. The molecule has 5 heteroatoms. The molecule has 0 aliphatic carbocycles. The molecule has 0 amide bonds. The molecular weight excluding hydrogens is 339 g/mol. The maximum atomic E-state index is 12.7. The molecule has 0 bridgehead atoms. The van der Waals surface area contributed by atoms with Gasteiger partial charge >= 0.3 is 0 Å². The maximum absolute atomic E-state index is 12.7. The Kier molecular flexibility index (Phi) is 3.66. The van der Waals surface area contributed by atoms with Crippen LogP contribution in [-0.2, 0) is 6.42 Å². The van der Waals surface area contributed by atoms with E-state index in [-0.39, 0.29) is 5.82 Å². The number of halogens is 3. The third kappa shape index (κ3) is 3.09. The van der Waals surface area contributed by atoms with E-state index < -0.39 is 0 Å². The maximum Gasteiger partial charge on any atom is 0.135 e. The molecule has 0 aliphatic rings. The zero-order valence-electron chi connectivity index (χ0n) is 8.12. The monoisotopic (exact) mass is 344 g/mol. The molecule has 2 rings (SSSR count). The lowest BCUT2D eigenvalue weighted by atomic mass is 10.1. The first-order chi connectivity index (χ1) is 7.63. The van der Waals surface area contributed by atoms with Gasteiger partial charge in [-0.1, -0.05) is 12.1 Å². The van der Waals surface area contributed by atoms with Gasteiger partial charge in [0.25, 0.3) is 0 Å². The third-order valence-corrected chi connectivity index (χ3v) is 2.80. The molecule has 0 fully saturated rings. The molecular formula is C11H7Br2FN2. The molecule has 0 saturated heterocycles. The summed E-state index contributed by atoms with van der Waals surface area (Å²) in [6.45, 7) is 0. The van der Waals surface area contributed by atoms with Crippen LogP contribution in [0.15, 0.2) is 39.5 Å². The molecule has 0 N–H and O–H groups in total. The van der Waals surface area contributed by atoms with E-state index in [1.165, 1.54) is 12.1 Å². The molecule has 0 radical (unpaired) electrons. The Morgan fingerprint density at radius 3 is 2.12 bits per heavy atom. The number of rotatable bonds is 2. The fraction of sp³-hybridized carbons (Fsp3) is 0.0909. The van der Waals surface area contributed by atoms with Crippen LogP contribution in [0.25, 0.3) is 0 Å². The van der Waals surface area contributed by atoms with Gasteiger partial charge in [-0.25, -0.2) is 14.4 Å². The Morgan fingerprint density at radius 1 is 1.00 bits per heavy atom. The number of nitrogens with zero attached hydrogens (tertiary/aromatic N) is 2. The van der Waals surface area contributed by atoms with Crippen LogP contribution in [0.1, 0.15) is 11.4 Å². The zero-order valence-corrected chi connectivity index (χ0v) is 11.3. The minimum absolute atomic E-state index is 0.236. The van der Waals surface area contributed by atoms with E-state index in [0.29, 0.717) is 12.2 Å². The van der Waals surface area contributed by atoms with Crippen LogP contribution in [0.3, 0.4) is 0 Å². The summed E-state index contributed by atoms with van der Waals surface area (Å²) < 4.78 is 14.2. The Bertz CT molecular complexity index is 480. The Morgan fingerprint density at radius 2 is 1.56 bits per heavy atom. The molecule has 82 valence electrons. The van der Waals surface area contributed by atoms with Gasteiger partial charge < -0.3 is 0 Å². The summed E-state index contributed by atoms with van der Waals surface area (Å²) in [4.78, 5) is 8.47. The summed E-state index contributed by atoms with van der Waals surface area (Å²) >= 11 is 6.59. The van der Waals surface area contributed by atoms with Crippen LogP contribution in [0.4, 0.5) is 4.39 Å². The second kappa shape index (κ2) is 5.01. The van der Waals surface area contributed by atoms with Gasteiger partial charge in [-0.15, -0.1) is 0 Å². The summed E-state index contributed by atoms with van der Waals surface area (Å²) in [6, 6.07) is 8.10. The molecule has 1 aromatic heterocycles. The van der Waals surface area contributed by atoms with Gasteiger partial charge in [-0.2, -0.15) is 0 Å². The van der Waals surface area contributed by atoms with Crippen molar-refractivity contribution in [2.24, 2.45) is 0 Å². The van der Waals surface area contributed by atoms with Crippen LogP contribution in [-0.4, -0.2) is 9.97 Å². The van der Waals surface area contributed by atoms with E-state index in [4.69, 9.17) is 0 Å². The van der Waals surface area contributed by atoms with Gasteiger partial charge in [0.1, 0.15) is 20.8 Å². The first kappa shape index (κ1) is 11.7. The summed E-state index contributed by atoms with van der Waals surface area (Å²) in [5.41, 5.74) is 0.978. The quantitative estimate of drug-likeness (QED) is 0.775. The van der Waals surface area contributed by atoms with E-state index in [9.17, 15) is 4.39 Å². The predicted octanol–water partition coefficient (Wildman–Crippen LogP) is 3.73. The predicted molar refractivity (Wildman–Crippen MR) is 66.6 cm³/mol. The highest BCUT2D eigenvalue weighted by molar-refractivity contribution is 9.11. The summed E-state index contributed by atoms with van der Waals surface area (Å²) in [7, 11) is 0. The minimum Gasteiger partial charge on any atom is -0.226 e. The fourth-order valence-electron chi connectivity index (χ4n) is 1.30. The number of hydrogen-bond donors (Lipinski definition) is 0. The summed E-state index contributed by atoms with van der Waals surface area (Å²) in [6.07, 6.45) is 0.582. The van der Waals surface area contributed by atoms with Crippen molar-refractivity contribution in [1.82, 2.24) is 9.97 Å². The molecule has 0 saturated carbocycles. The molecule has 16 heavy (non-hydrogen) atoms. The van der Waals surface area contributed by atoms with Crippen molar-refractivity contribution in [2.45, 2.75) is 6.42 Å². The highest BCUT2D eigenvalue weighted by Crippen LogP contribution is 2.15. The summed E-state index contributed by atoms with van der Waals surface area (Å²) in [5, 5.41) is 0. The molecule has 0 spiro atoms. The SMILES string of the molecule is Fc1ccc(Cc2nc(Br)cc(Br)n2)cc1. The molecule has 0 atom stereocenters. The average Bonchev–Trinajstić information content (AvgIpc) is 2.20. The highest BCUT2D eigenvalue weighted by Gasteiger charge is 2.03. The summed E-state index contributed by atoms with van der Waals surface area (Å²) in [5.74, 6) is 0.452. The first-order valence-corrected chi connectivity index (χ1v) is 6.15. The second-order valence-corrected chi connectivity index (χ2v) is 4.86. The first-order valence-electron chi connectivity index (χ1n) is 4.57. The third-order valence-electron chi connectivity index (χ3n) is 1.99. The average molecular weight is 346 g/mol. The van der Waals surface area contributed by atoms with E-state index >= 15 is 0 Å². The van der Waals surface area contributed by atoms with Gasteiger partial charge in [0, 0.05) is 12.5 Å². The Hall–Kier alpha value is -0.810. The number of benzene rings is 1. The van der Waals surface area contributed by atoms with Crippen molar-refractivity contribution >= 4 is 31.9 Å². The molecule has 2 aromatic rings. The van der Waals surface area contributed by atoms with Crippen molar-refractivity contribution in [3.05, 3.63) is 56.7 Å². The van der Waals surface area contributed by atoms with E-state index in [0.717, 1.165) is 14.8 Å². The van der Waals surface area contributed by atoms with E-state index in [1.54, 1.807) is 18.2 Å². The standard InChI is InChI=1S/C11H7Br2FN2/c12-9-6-10(13)16-11(15-9)5-7-1-3-8(14)4-2-7/h1-4,6H,5H2. The number of hydrogen-bond acceptors (Lipinski definition) is 2. The van der Waals surface area contributed by atoms with Crippen LogP contribution < -0.4 is 0 Å². The smallest absolute Gasteiger partial charge is 0.135 e. The highest BCUT2D eigenvalue weighted by atomic mass is 79.9. The van der Waals surface area contributed by atoms with Crippen LogP contribution >= 0.6 is 31.9 Å². The van der Waals surface area contributed by atoms with Crippen molar-refractivity contribution < 1.29 is 4.39 Å². The van der Waals surface area contributed by atoms with Crippen LogP contribution in [0, 0.1) is 5.82 Å². The van der Waals surface area contributed by atoms with Gasteiger partial charge in [0.05, 0.1) is 0 Å². The number of aromatic nitrogens is 2. The molecule has 1 aromatic carbocycles. The van der Waals surface area contributed by atoms with Crippen molar-refractivity contribution in [1.29, 1.82) is 0 Å². The molecule has 2 nitrogen and oxygen atoms in total. The van der Waals surface area contributed by atoms with Crippen molar-refractivity contribution in [2.75, 3.05) is 0 Å². The Balaban J connectivity index is 2.23. The lowest BCUT2D eigenvalue weighted by Crippen LogP contribution is -1.97. The van der Waals surface area contributed by atoms with Gasteiger partial charge in [-0.3, -0.25) is 0 Å². The van der Waals surface area contributed by atoms with E-state index in [1.807, 2.05) is 0 Å². The lowest BCUT2D eigenvalue weighted by Gasteiger charge is -2.02. The zero-order chi connectivity index (χ0) is 11.5. The fourth-order valence-corrected chi connectivity index (χ4v) is 2.45. The van der Waals surface area contributed by atoms with Crippen LogP contribution in [0.5, 0.6) is 0 Å².